The van der Waals surface area contributed by atoms with Gasteiger partial charge in [0.2, 0.25) is 0 Å². The van der Waals surface area contributed by atoms with Gasteiger partial charge in [0.15, 0.2) is 0 Å². The van der Waals surface area contributed by atoms with Crippen molar-refractivity contribution in [3.05, 3.63) is 59.7 Å². The fourth-order valence-electron chi connectivity index (χ4n) is 1.98. The number of anilines is 1. The minimum Gasteiger partial charge on any atom is -0.493 e. The monoisotopic (exact) mass is 285 g/mol. The molecule has 0 aliphatic carbocycles. The van der Waals surface area contributed by atoms with Crippen molar-refractivity contribution in [2.75, 3.05) is 11.9 Å². The molecule has 0 spiro atoms. The molecule has 0 bridgehead atoms. The van der Waals surface area contributed by atoms with Crippen LogP contribution < -0.4 is 10.1 Å². The molecule has 1 amide bonds. The molecule has 2 aromatic rings. The Hall–Kier alpha value is -2.33. The number of benzene rings is 2. The van der Waals surface area contributed by atoms with Gasteiger partial charge in [-0.2, -0.15) is 0 Å². The number of carbonyl (C=O) groups is 1. The zero-order valence-electron chi connectivity index (χ0n) is 12.2. The molecular weight excluding hydrogens is 266 g/mol. The van der Waals surface area contributed by atoms with E-state index < -0.39 is 6.10 Å². The number of nitrogens with one attached hydrogen (secondary N) is 1. The van der Waals surface area contributed by atoms with Crippen molar-refractivity contribution >= 4 is 11.6 Å². The smallest absolute Gasteiger partial charge is 0.259 e. The van der Waals surface area contributed by atoms with Crippen LogP contribution in [0.15, 0.2) is 48.5 Å². The van der Waals surface area contributed by atoms with E-state index in [9.17, 15) is 9.90 Å². The molecule has 1 atom stereocenters. The van der Waals surface area contributed by atoms with Crippen LogP contribution in [0.3, 0.4) is 0 Å². The maximum Gasteiger partial charge on any atom is 0.259 e. The summed E-state index contributed by atoms with van der Waals surface area (Å²) in [4.78, 5) is 12.3. The summed E-state index contributed by atoms with van der Waals surface area (Å²) in [7, 11) is 0. The van der Waals surface area contributed by atoms with Crippen LogP contribution in [-0.4, -0.2) is 17.6 Å². The SMILES string of the molecule is CCOc1ccccc1C(=O)Nc1ccc(C(C)O)cc1. The van der Waals surface area contributed by atoms with Crippen molar-refractivity contribution in [2.45, 2.75) is 20.0 Å². The Balaban J connectivity index is 2.14. The van der Waals surface area contributed by atoms with Gasteiger partial charge in [0.05, 0.1) is 18.3 Å². The van der Waals surface area contributed by atoms with Gasteiger partial charge in [-0.05, 0) is 43.7 Å². The Morgan fingerprint density at radius 1 is 1.19 bits per heavy atom. The van der Waals surface area contributed by atoms with E-state index in [1.54, 1.807) is 49.4 Å². The van der Waals surface area contributed by atoms with Crippen molar-refractivity contribution in [1.82, 2.24) is 0 Å². The molecule has 2 aromatic carbocycles. The topological polar surface area (TPSA) is 58.6 Å². The van der Waals surface area contributed by atoms with E-state index >= 15 is 0 Å². The Morgan fingerprint density at radius 3 is 2.48 bits per heavy atom. The van der Waals surface area contributed by atoms with Crippen LogP contribution in [-0.2, 0) is 0 Å². The average molecular weight is 285 g/mol. The highest BCUT2D eigenvalue weighted by Crippen LogP contribution is 2.21. The van der Waals surface area contributed by atoms with Gasteiger partial charge in [-0.25, -0.2) is 0 Å². The van der Waals surface area contributed by atoms with Crippen molar-refractivity contribution < 1.29 is 14.6 Å². The van der Waals surface area contributed by atoms with Gasteiger partial charge in [0, 0.05) is 5.69 Å². The third-order valence-corrected chi connectivity index (χ3v) is 3.08. The van der Waals surface area contributed by atoms with Crippen LogP contribution in [0, 0.1) is 0 Å². The number of para-hydroxylation sites is 1. The first-order chi connectivity index (χ1) is 10.1. The Labute approximate surface area is 124 Å². The van der Waals surface area contributed by atoms with Crippen molar-refractivity contribution in [3.8, 4) is 5.75 Å². The largest absolute Gasteiger partial charge is 0.493 e. The highest BCUT2D eigenvalue weighted by atomic mass is 16.5. The van der Waals surface area contributed by atoms with Gasteiger partial charge in [-0.15, -0.1) is 0 Å². The molecule has 0 heterocycles. The van der Waals surface area contributed by atoms with Crippen LogP contribution in [0.1, 0.15) is 35.9 Å². The molecule has 4 nitrogen and oxygen atoms in total. The summed E-state index contributed by atoms with van der Waals surface area (Å²) in [6, 6.07) is 14.2. The quantitative estimate of drug-likeness (QED) is 0.885. The first-order valence-corrected chi connectivity index (χ1v) is 6.93. The molecule has 1 unspecified atom stereocenters. The normalized spacial score (nSPS) is 11.8. The summed E-state index contributed by atoms with van der Waals surface area (Å²) in [5.74, 6) is 0.349. The summed E-state index contributed by atoms with van der Waals surface area (Å²) >= 11 is 0. The minimum absolute atomic E-state index is 0.219. The second-order valence-corrected chi connectivity index (χ2v) is 4.68. The molecule has 0 radical (unpaired) electrons. The number of amides is 1. The predicted molar refractivity (Wildman–Crippen MR) is 82.6 cm³/mol. The lowest BCUT2D eigenvalue weighted by atomic mass is 10.1. The summed E-state index contributed by atoms with van der Waals surface area (Å²) in [5, 5.41) is 12.3. The van der Waals surface area contributed by atoms with Gasteiger partial charge in [0.1, 0.15) is 5.75 Å². The van der Waals surface area contributed by atoms with E-state index in [1.807, 2.05) is 13.0 Å². The second-order valence-electron chi connectivity index (χ2n) is 4.68. The maximum absolute atomic E-state index is 12.3. The zero-order chi connectivity index (χ0) is 15.2. The highest BCUT2D eigenvalue weighted by Gasteiger charge is 2.12. The number of rotatable bonds is 5. The third-order valence-electron chi connectivity index (χ3n) is 3.08. The molecule has 21 heavy (non-hydrogen) atoms. The summed E-state index contributed by atoms with van der Waals surface area (Å²) in [5.41, 5.74) is 1.98. The lowest BCUT2D eigenvalue weighted by Gasteiger charge is -2.11. The molecule has 110 valence electrons. The van der Waals surface area contributed by atoms with Crippen molar-refractivity contribution in [1.29, 1.82) is 0 Å². The van der Waals surface area contributed by atoms with E-state index in [4.69, 9.17) is 4.74 Å². The molecule has 0 fully saturated rings. The number of aliphatic hydroxyl groups is 1. The Kier molecular flexibility index (Phi) is 4.95. The summed E-state index contributed by atoms with van der Waals surface area (Å²) < 4.78 is 5.45. The molecule has 0 saturated carbocycles. The molecule has 0 aliphatic rings. The van der Waals surface area contributed by atoms with Gasteiger partial charge in [0.25, 0.3) is 5.91 Å². The summed E-state index contributed by atoms with van der Waals surface area (Å²) in [6.45, 7) is 4.09. The average Bonchev–Trinajstić information content (AvgIpc) is 2.48. The van der Waals surface area contributed by atoms with Crippen LogP contribution in [0.5, 0.6) is 5.75 Å². The van der Waals surface area contributed by atoms with E-state index in [1.165, 1.54) is 0 Å². The maximum atomic E-state index is 12.3. The van der Waals surface area contributed by atoms with Crippen molar-refractivity contribution in [2.24, 2.45) is 0 Å². The Morgan fingerprint density at radius 2 is 1.86 bits per heavy atom. The Bertz CT molecular complexity index is 606. The first kappa shape index (κ1) is 15.1. The number of hydrogen-bond acceptors (Lipinski definition) is 3. The van der Waals surface area contributed by atoms with Gasteiger partial charge >= 0.3 is 0 Å². The second kappa shape index (κ2) is 6.90. The van der Waals surface area contributed by atoms with E-state index in [-0.39, 0.29) is 5.91 Å². The molecule has 0 aliphatic heterocycles. The van der Waals surface area contributed by atoms with E-state index in [0.717, 1.165) is 5.56 Å². The molecule has 0 saturated heterocycles. The van der Waals surface area contributed by atoms with Crippen LogP contribution >= 0.6 is 0 Å². The number of aliphatic hydroxyl groups excluding tert-OH is 1. The van der Waals surface area contributed by atoms with Gasteiger partial charge < -0.3 is 15.2 Å². The zero-order valence-corrected chi connectivity index (χ0v) is 12.2. The van der Waals surface area contributed by atoms with Gasteiger partial charge in [-0.3, -0.25) is 4.79 Å². The number of ether oxygens (including phenoxy) is 1. The standard InChI is InChI=1S/C17H19NO3/c1-3-21-16-7-5-4-6-15(16)17(20)18-14-10-8-13(9-11-14)12(2)19/h4-12,19H,3H2,1-2H3,(H,18,20). The van der Waals surface area contributed by atoms with E-state index in [2.05, 4.69) is 5.32 Å². The predicted octanol–water partition coefficient (Wildman–Crippen LogP) is 3.39. The highest BCUT2D eigenvalue weighted by molar-refractivity contribution is 6.06. The molecule has 4 heteroatoms. The molecular formula is C17H19NO3. The molecule has 0 aromatic heterocycles. The fourth-order valence-corrected chi connectivity index (χ4v) is 1.98. The lowest BCUT2D eigenvalue weighted by Crippen LogP contribution is -2.13. The lowest BCUT2D eigenvalue weighted by molar-refractivity contribution is 0.102. The van der Waals surface area contributed by atoms with Crippen LogP contribution in [0.2, 0.25) is 0 Å². The molecule has 2 rings (SSSR count). The third kappa shape index (κ3) is 3.83. The molecule has 2 N–H and O–H groups in total. The van der Waals surface area contributed by atoms with Crippen LogP contribution in [0.4, 0.5) is 5.69 Å². The fraction of sp³-hybridized carbons (Fsp3) is 0.235. The number of hydrogen-bond donors (Lipinski definition) is 2. The minimum atomic E-state index is -0.520. The first-order valence-electron chi connectivity index (χ1n) is 6.93. The number of carbonyl (C=O) groups excluding carboxylic acids is 1. The van der Waals surface area contributed by atoms with Gasteiger partial charge in [-0.1, -0.05) is 24.3 Å². The summed E-state index contributed by atoms with van der Waals surface area (Å²) in [6.07, 6.45) is -0.520. The van der Waals surface area contributed by atoms with E-state index in [0.29, 0.717) is 23.6 Å². The van der Waals surface area contributed by atoms with Crippen LogP contribution in [0.25, 0.3) is 0 Å². The van der Waals surface area contributed by atoms with Crippen molar-refractivity contribution in [3.63, 3.8) is 0 Å².